The van der Waals surface area contributed by atoms with E-state index in [-0.39, 0.29) is 6.04 Å². The zero-order valence-electron chi connectivity index (χ0n) is 9.53. The first kappa shape index (κ1) is 14.2. The van der Waals surface area contributed by atoms with E-state index in [1.165, 1.54) is 11.3 Å². The molecule has 92 valence electrons. The minimum absolute atomic E-state index is 0.0426. The summed E-state index contributed by atoms with van der Waals surface area (Å²) in [7, 11) is -3.37. The van der Waals surface area contributed by atoms with E-state index in [9.17, 15) is 8.42 Å². The molecule has 0 saturated heterocycles. The lowest BCUT2D eigenvalue weighted by Crippen LogP contribution is -2.33. The van der Waals surface area contributed by atoms with E-state index in [1.807, 2.05) is 6.92 Å². The molecule has 0 aliphatic heterocycles. The Morgan fingerprint density at radius 2 is 2.06 bits per heavy atom. The molecule has 6 heteroatoms. The van der Waals surface area contributed by atoms with Crippen molar-refractivity contribution in [1.82, 2.24) is 4.72 Å². The van der Waals surface area contributed by atoms with Crippen molar-refractivity contribution in [2.24, 2.45) is 5.92 Å². The molecule has 1 aromatic rings. The predicted octanol–water partition coefficient (Wildman–Crippen LogP) is 3.22. The third-order valence-corrected chi connectivity index (χ3v) is 6.27. The van der Waals surface area contributed by atoms with Gasteiger partial charge in [-0.25, -0.2) is 13.1 Å². The minimum Gasteiger partial charge on any atom is -0.208 e. The quantitative estimate of drug-likeness (QED) is 0.903. The Morgan fingerprint density at radius 1 is 1.44 bits per heavy atom. The number of sulfonamides is 1. The number of nitrogens with one attached hydrogen (secondary N) is 1. The van der Waals surface area contributed by atoms with Crippen molar-refractivity contribution in [3.05, 3.63) is 15.9 Å². The van der Waals surface area contributed by atoms with Gasteiger partial charge in [-0.15, -0.1) is 11.3 Å². The van der Waals surface area contributed by atoms with Crippen molar-refractivity contribution in [1.29, 1.82) is 0 Å². The summed E-state index contributed by atoms with van der Waals surface area (Å²) in [5, 5.41) is 1.76. The molecule has 1 aromatic heterocycles. The van der Waals surface area contributed by atoms with Crippen molar-refractivity contribution in [2.75, 3.05) is 0 Å². The van der Waals surface area contributed by atoms with E-state index in [0.29, 0.717) is 14.6 Å². The van der Waals surface area contributed by atoms with Crippen LogP contribution >= 0.6 is 27.3 Å². The maximum Gasteiger partial charge on any atom is 0.251 e. The third-order valence-electron chi connectivity index (χ3n) is 2.01. The van der Waals surface area contributed by atoms with Crippen LogP contribution in [0.3, 0.4) is 0 Å². The van der Waals surface area contributed by atoms with Crippen LogP contribution < -0.4 is 4.72 Å². The van der Waals surface area contributed by atoms with Crippen LogP contribution in [-0.2, 0) is 10.0 Å². The molecule has 1 unspecified atom stereocenters. The van der Waals surface area contributed by atoms with Crippen molar-refractivity contribution in [2.45, 2.75) is 37.4 Å². The van der Waals surface area contributed by atoms with Crippen molar-refractivity contribution >= 4 is 37.3 Å². The molecule has 0 spiro atoms. The summed E-state index contributed by atoms with van der Waals surface area (Å²) in [5.74, 6) is 0.476. The van der Waals surface area contributed by atoms with Gasteiger partial charge in [0.15, 0.2) is 0 Å². The fourth-order valence-corrected chi connectivity index (χ4v) is 5.16. The standard InChI is InChI=1S/C10H16BrNO2S2/c1-7(2)6-8(3)12-16(13,14)10-9(11)4-5-15-10/h4-5,7-8,12H,6H2,1-3H3. The Morgan fingerprint density at radius 3 is 2.50 bits per heavy atom. The fraction of sp³-hybridized carbons (Fsp3) is 0.600. The summed E-state index contributed by atoms with van der Waals surface area (Å²) >= 11 is 4.45. The zero-order chi connectivity index (χ0) is 12.3. The molecule has 1 N–H and O–H groups in total. The first-order valence-electron chi connectivity index (χ1n) is 5.08. The Kier molecular flexibility index (Phi) is 4.97. The Labute approximate surface area is 109 Å². The summed E-state index contributed by atoms with van der Waals surface area (Å²) in [6.45, 7) is 6.04. The topological polar surface area (TPSA) is 46.2 Å². The van der Waals surface area contributed by atoms with Crippen molar-refractivity contribution in [3.8, 4) is 0 Å². The largest absolute Gasteiger partial charge is 0.251 e. The molecule has 0 radical (unpaired) electrons. The summed E-state index contributed by atoms with van der Waals surface area (Å²) < 4.78 is 27.6. The van der Waals surface area contributed by atoms with Crippen LogP contribution in [-0.4, -0.2) is 14.5 Å². The summed E-state index contributed by atoms with van der Waals surface area (Å²) in [6.07, 6.45) is 0.836. The summed E-state index contributed by atoms with van der Waals surface area (Å²) in [4.78, 5) is 0. The number of halogens is 1. The molecule has 0 aliphatic carbocycles. The molecule has 3 nitrogen and oxygen atoms in total. The van der Waals surface area contributed by atoms with E-state index in [1.54, 1.807) is 11.4 Å². The Hall–Kier alpha value is 0.0900. The third kappa shape index (κ3) is 3.84. The smallest absolute Gasteiger partial charge is 0.208 e. The van der Waals surface area contributed by atoms with Crippen LogP contribution in [0.1, 0.15) is 27.2 Å². The van der Waals surface area contributed by atoms with Crippen LogP contribution in [0.15, 0.2) is 20.1 Å². The lowest BCUT2D eigenvalue weighted by Gasteiger charge is -2.15. The second-order valence-electron chi connectivity index (χ2n) is 4.21. The van der Waals surface area contributed by atoms with Crippen molar-refractivity contribution in [3.63, 3.8) is 0 Å². The lowest BCUT2D eigenvalue weighted by atomic mass is 10.1. The molecule has 0 fully saturated rings. The normalized spacial score (nSPS) is 14.3. The van der Waals surface area contributed by atoms with E-state index in [2.05, 4.69) is 34.5 Å². The molecule has 0 aliphatic rings. The second-order valence-corrected chi connectivity index (χ2v) is 7.89. The van der Waals surface area contributed by atoms with Crippen molar-refractivity contribution < 1.29 is 8.42 Å². The molecule has 0 bridgehead atoms. The fourth-order valence-electron chi connectivity index (χ4n) is 1.55. The average molecular weight is 326 g/mol. The average Bonchev–Trinajstić information content (AvgIpc) is 2.48. The van der Waals surface area contributed by atoms with Gasteiger partial charge in [0.05, 0.1) is 0 Å². The summed E-state index contributed by atoms with van der Waals surface area (Å²) in [5.41, 5.74) is 0. The first-order valence-corrected chi connectivity index (χ1v) is 8.24. The lowest BCUT2D eigenvalue weighted by molar-refractivity contribution is 0.483. The predicted molar refractivity (Wildman–Crippen MR) is 71.3 cm³/mol. The van der Waals surface area contributed by atoms with Crippen LogP contribution in [0.5, 0.6) is 0 Å². The molecule has 1 heterocycles. The van der Waals surface area contributed by atoms with Gasteiger partial charge in [-0.1, -0.05) is 13.8 Å². The maximum atomic E-state index is 12.0. The van der Waals surface area contributed by atoms with E-state index in [0.717, 1.165) is 6.42 Å². The number of hydrogen-bond donors (Lipinski definition) is 1. The van der Waals surface area contributed by atoms with Gasteiger partial charge in [0.2, 0.25) is 0 Å². The molecular weight excluding hydrogens is 310 g/mol. The highest BCUT2D eigenvalue weighted by atomic mass is 79.9. The van der Waals surface area contributed by atoms with Gasteiger partial charge >= 0.3 is 0 Å². The first-order chi connectivity index (χ1) is 7.33. The van der Waals surface area contributed by atoms with Gasteiger partial charge in [0.25, 0.3) is 10.0 Å². The van der Waals surface area contributed by atoms with Crippen LogP contribution in [0.2, 0.25) is 0 Å². The Balaban J connectivity index is 2.77. The second kappa shape index (κ2) is 5.62. The van der Waals surface area contributed by atoms with Crippen LogP contribution in [0.25, 0.3) is 0 Å². The number of hydrogen-bond acceptors (Lipinski definition) is 3. The van der Waals surface area contributed by atoms with Gasteiger partial charge in [0, 0.05) is 10.5 Å². The van der Waals surface area contributed by atoms with Gasteiger partial charge in [-0.3, -0.25) is 0 Å². The van der Waals surface area contributed by atoms with Gasteiger partial charge in [-0.05, 0) is 46.6 Å². The Bertz CT molecular complexity index is 439. The van der Waals surface area contributed by atoms with E-state index >= 15 is 0 Å². The number of rotatable bonds is 5. The highest BCUT2D eigenvalue weighted by Gasteiger charge is 2.21. The van der Waals surface area contributed by atoms with E-state index in [4.69, 9.17) is 0 Å². The highest BCUT2D eigenvalue weighted by Crippen LogP contribution is 2.27. The van der Waals surface area contributed by atoms with Gasteiger partial charge in [0.1, 0.15) is 4.21 Å². The molecule has 0 saturated carbocycles. The summed E-state index contributed by atoms with van der Waals surface area (Å²) in [6, 6.07) is 1.70. The van der Waals surface area contributed by atoms with Gasteiger partial charge < -0.3 is 0 Å². The van der Waals surface area contributed by atoms with Crippen LogP contribution in [0.4, 0.5) is 0 Å². The highest BCUT2D eigenvalue weighted by molar-refractivity contribution is 9.10. The minimum atomic E-state index is -3.37. The number of thiophene rings is 1. The molecule has 1 rings (SSSR count). The SMILES string of the molecule is CC(C)CC(C)NS(=O)(=O)c1sccc1Br. The molecule has 0 aromatic carbocycles. The monoisotopic (exact) mass is 325 g/mol. The van der Waals surface area contributed by atoms with E-state index < -0.39 is 10.0 Å². The van der Waals surface area contributed by atoms with Crippen LogP contribution in [0, 0.1) is 5.92 Å². The molecule has 16 heavy (non-hydrogen) atoms. The van der Waals surface area contributed by atoms with Gasteiger partial charge in [-0.2, -0.15) is 0 Å². The maximum absolute atomic E-state index is 12.0. The molecular formula is C10H16BrNO2S2. The zero-order valence-corrected chi connectivity index (χ0v) is 12.7. The molecule has 1 atom stereocenters. The molecule has 0 amide bonds.